The average molecular weight is 273 g/mol. The molecule has 0 radical (unpaired) electrons. The van der Waals surface area contributed by atoms with E-state index in [9.17, 15) is 4.39 Å². The molecule has 0 spiro atoms. The topological polar surface area (TPSA) is 29.9 Å². The molecule has 3 rings (SSSR count). The van der Waals surface area contributed by atoms with Crippen molar-refractivity contribution in [1.29, 1.82) is 0 Å². The standard InChI is InChI=1S/C16H20FN3/c1-2-3-7-14-11-16-18-9-8-15(20(16)19-14)12-5-4-6-13(17)10-12/h4-6,10-11,15,18H,2-3,7-9H2,1H3. The fraction of sp³-hybridized carbons (Fsp3) is 0.438. The lowest BCUT2D eigenvalue weighted by Crippen LogP contribution is -2.24. The molecule has 0 saturated heterocycles. The molecule has 1 aromatic heterocycles. The lowest BCUT2D eigenvalue weighted by Gasteiger charge is -2.26. The molecule has 0 amide bonds. The van der Waals surface area contributed by atoms with E-state index in [0.29, 0.717) is 0 Å². The summed E-state index contributed by atoms with van der Waals surface area (Å²) in [6, 6.07) is 9.12. The fourth-order valence-electron chi connectivity index (χ4n) is 2.78. The van der Waals surface area contributed by atoms with Gasteiger partial charge < -0.3 is 5.32 Å². The van der Waals surface area contributed by atoms with E-state index >= 15 is 0 Å². The molecule has 1 N–H and O–H groups in total. The first-order valence-corrected chi connectivity index (χ1v) is 7.35. The van der Waals surface area contributed by atoms with Gasteiger partial charge in [0.05, 0.1) is 11.7 Å². The number of anilines is 1. The summed E-state index contributed by atoms with van der Waals surface area (Å²) >= 11 is 0. The maximum absolute atomic E-state index is 13.4. The largest absolute Gasteiger partial charge is 0.370 e. The van der Waals surface area contributed by atoms with E-state index in [1.807, 2.05) is 10.7 Å². The molecule has 0 aliphatic carbocycles. The Bertz CT molecular complexity index is 591. The molecule has 1 aliphatic heterocycles. The smallest absolute Gasteiger partial charge is 0.125 e. The average Bonchev–Trinajstić information content (AvgIpc) is 2.87. The summed E-state index contributed by atoms with van der Waals surface area (Å²) in [5, 5.41) is 8.09. The van der Waals surface area contributed by atoms with Crippen LogP contribution in [0.2, 0.25) is 0 Å². The van der Waals surface area contributed by atoms with Crippen molar-refractivity contribution < 1.29 is 4.39 Å². The number of rotatable bonds is 4. The maximum atomic E-state index is 13.4. The molecule has 0 saturated carbocycles. The van der Waals surface area contributed by atoms with Crippen LogP contribution in [0.25, 0.3) is 0 Å². The van der Waals surface area contributed by atoms with Crippen molar-refractivity contribution in [2.24, 2.45) is 0 Å². The minimum atomic E-state index is -0.180. The molecule has 4 heteroatoms. The van der Waals surface area contributed by atoms with Crippen molar-refractivity contribution in [3.05, 3.63) is 47.4 Å². The Labute approximate surface area is 118 Å². The van der Waals surface area contributed by atoms with Crippen LogP contribution >= 0.6 is 0 Å². The molecule has 1 unspecified atom stereocenters. The maximum Gasteiger partial charge on any atom is 0.125 e. The quantitative estimate of drug-likeness (QED) is 0.919. The van der Waals surface area contributed by atoms with Crippen LogP contribution in [0.4, 0.5) is 10.2 Å². The molecular formula is C16H20FN3. The van der Waals surface area contributed by atoms with Crippen molar-refractivity contribution in [3.63, 3.8) is 0 Å². The number of hydrogen-bond donors (Lipinski definition) is 1. The number of aryl methyl sites for hydroxylation is 1. The Morgan fingerprint density at radius 1 is 1.40 bits per heavy atom. The third-order valence-corrected chi connectivity index (χ3v) is 3.83. The van der Waals surface area contributed by atoms with E-state index in [1.54, 1.807) is 12.1 Å². The Hall–Kier alpha value is -1.84. The van der Waals surface area contributed by atoms with Gasteiger partial charge in [-0.1, -0.05) is 25.5 Å². The molecule has 20 heavy (non-hydrogen) atoms. The summed E-state index contributed by atoms with van der Waals surface area (Å²) in [5.41, 5.74) is 2.12. The van der Waals surface area contributed by atoms with Crippen molar-refractivity contribution in [1.82, 2.24) is 9.78 Å². The first-order valence-electron chi connectivity index (χ1n) is 7.35. The van der Waals surface area contributed by atoms with E-state index in [1.165, 1.54) is 12.5 Å². The number of hydrogen-bond acceptors (Lipinski definition) is 2. The zero-order chi connectivity index (χ0) is 13.9. The lowest BCUT2D eigenvalue weighted by atomic mass is 10.0. The molecule has 1 aromatic carbocycles. The highest BCUT2D eigenvalue weighted by atomic mass is 19.1. The summed E-state index contributed by atoms with van der Waals surface area (Å²) in [5.74, 6) is 0.873. The minimum Gasteiger partial charge on any atom is -0.370 e. The Morgan fingerprint density at radius 2 is 2.30 bits per heavy atom. The second kappa shape index (κ2) is 5.65. The van der Waals surface area contributed by atoms with Gasteiger partial charge in [-0.05, 0) is 37.0 Å². The summed E-state index contributed by atoms with van der Waals surface area (Å²) in [6.45, 7) is 3.09. The molecule has 2 heterocycles. The lowest BCUT2D eigenvalue weighted by molar-refractivity contribution is 0.474. The second-order valence-electron chi connectivity index (χ2n) is 5.36. The van der Waals surface area contributed by atoms with Gasteiger partial charge in [-0.15, -0.1) is 0 Å². The van der Waals surface area contributed by atoms with Crippen LogP contribution in [0.1, 0.15) is 43.5 Å². The van der Waals surface area contributed by atoms with Gasteiger partial charge in [0.15, 0.2) is 0 Å². The van der Waals surface area contributed by atoms with Gasteiger partial charge in [-0.2, -0.15) is 5.10 Å². The van der Waals surface area contributed by atoms with Crippen molar-refractivity contribution in [2.45, 2.75) is 38.6 Å². The highest BCUT2D eigenvalue weighted by Gasteiger charge is 2.23. The summed E-state index contributed by atoms with van der Waals surface area (Å²) in [4.78, 5) is 0. The monoisotopic (exact) mass is 273 g/mol. The van der Waals surface area contributed by atoms with Crippen LogP contribution in [0.15, 0.2) is 30.3 Å². The zero-order valence-corrected chi connectivity index (χ0v) is 11.8. The Kier molecular flexibility index (Phi) is 3.72. The number of benzene rings is 1. The summed E-state index contributed by atoms with van der Waals surface area (Å²) in [7, 11) is 0. The van der Waals surface area contributed by atoms with E-state index in [4.69, 9.17) is 5.10 Å². The number of aromatic nitrogens is 2. The van der Waals surface area contributed by atoms with Gasteiger partial charge in [-0.3, -0.25) is 0 Å². The highest BCUT2D eigenvalue weighted by Crippen LogP contribution is 2.30. The van der Waals surface area contributed by atoms with Gasteiger partial charge in [-0.25, -0.2) is 9.07 Å². The minimum absolute atomic E-state index is 0.136. The predicted molar refractivity (Wildman–Crippen MR) is 78.5 cm³/mol. The number of nitrogens with zero attached hydrogens (tertiary/aromatic N) is 2. The zero-order valence-electron chi connectivity index (χ0n) is 11.8. The van der Waals surface area contributed by atoms with Crippen molar-refractivity contribution >= 4 is 5.82 Å². The molecular weight excluding hydrogens is 253 g/mol. The normalized spacial score (nSPS) is 17.6. The van der Waals surface area contributed by atoms with Crippen molar-refractivity contribution in [2.75, 3.05) is 11.9 Å². The van der Waals surface area contributed by atoms with Gasteiger partial charge in [0.1, 0.15) is 11.6 Å². The molecule has 1 aliphatic rings. The molecule has 0 fully saturated rings. The first-order chi connectivity index (χ1) is 9.78. The third-order valence-electron chi connectivity index (χ3n) is 3.83. The van der Waals surface area contributed by atoms with E-state index < -0.39 is 0 Å². The number of halogens is 1. The van der Waals surface area contributed by atoms with Crippen LogP contribution in [0.5, 0.6) is 0 Å². The number of fused-ring (bicyclic) bond motifs is 1. The number of nitrogens with one attached hydrogen (secondary N) is 1. The fourth-order valence-corrected chi connectivity index (χ4v) is 2.78. The summed E-state index contributed by atoms with van der Waals surface area (Å²) < 4.78 is 15.4. The van der Waals surface area contributed by atoms with Gasteiger partial charge in [0, 0.05) is 12.6 Å². The van der Waals surface area contributed by atoms with E-state index in [-0.39, 0.29) is 11.9 Å². The SMILES string of the molecule is CCCCc1cc2n(n1)C(c1cccc(F)c1)CCN2. The number of unbranched alkanes of at least 4 members (excludes halogenated alkanes) is 1. The van der Waals surface area contributed by atoms with Crippen LogP contribution in [0, 0.1) is 5.82 Å². The van der Waals surface area contributed by atoms with Crippen LogP contribution < -0.4 is 5.32 Å². The summed E-state index contributed by atoms with van der Waals surface area (Å²) in [6.07, 6.45) is 4.27. The third kappa shape index (κ3) is 2.55. The van der Waals surface area contributed by atoms with Crippen LogP contribution in [0.3, 0.4) is 0 Å². The molecule has 2 aromatic rings. The van der Waals surface area contributed by atoms with Crippen molar-refractivity contribution in [3.8, 4) is 0 Å². The Balaban J connectivity index is 1.91. The van der Waals surface area contributed by atoms with E-state index in [0.717, 1.165) is 42.9 Å². The predicted octanol–water partition coefficient (Wildman–Crippen LogP) is 3.77. The van der Waals surface area contributed by atoms with Gasteiger partial charge in [0.25, 0.3) is 0 Å². The second-order valence-corrected chi connectivity index (χ2v) is 5.36. The van der Waals surface area contributed by atoms with Crippen LogP contribution in [-0.4, -0.2) is 16.3 Å². The van der Waals surface area contributed by atoms with Gasteiger partial charge >= 0.3 is 0 Å². The molecule has 1 atom stereocenters. The molecule has 0 bridgehead atoms. The van der Waals surface area contributed by atoms with E-state index in [2.05, 4.69) is 18.3 Å². The first kappa shape index (κ1) is 13.2. The molecule has 3 nitrogen and oxygen atoms in total. The molecule has 106 valence electrons. The van der Waals surface area contributed by atoms with Gasteiger partial charge in [0.2, 0.25) is 0 Å². The highest BCUT2D eigenvalue weighted by molar-refractivity contribution is 5.41. The Morgan fingerprint density at radius 3 is 3.10 bits per heavy atom. The van der Waals surface area contributed by atoms with Crippen LogP contribution in [-0.2, 0) is 6.42 Å².